The quantitative estimate of drug-likeness (QED) is 0.610. The number of nitrogens with one attached hydrogen (secondary N) is 1. The van der Waals surface area contributed by atoms with E-state index in [1.807, 2.05) is 30.3 Å². The Kier molecular flexibility index (Phi) is 6.12. The number of para-hydroxylation sites is 2. The van der Waals surface area contributed by atoms with Crippen molar-refractivity contribution in [3.8, 4) is 5.75 Å². The Labute approximate surface area is 160 Å². The minimum Gasteiger partial charge on any atom is -0.493 e. The third-order valence-corrected chi connectivity index (χ3v) is 4.82. The zero-order valence-electron chi connectivity index (χ0n) is 16.3. The van der Waals surface area contributed by atoms with Gasteiger partial charge in [-0.2, -0.15) is 0 Å². The SMILES string of the molecule is CC(=O)NCc1nc2ccccc2n1CCCCOc1cccc(C)c1C. The van der Waals surface area contributed by atoms with Crippen molar-refractivity contribution in [1.29, 1.82) is 0 Å². The second-order valence-corrected chi connectivity index (χ2v) is 6.83. The summed E-state index contributed by atoms with van der Waals surface area (Å²) in [5, 5.41) is 2.85. The number of fused-ring (bicyclic) bond motifs is 1. The predicted molar refractivity (Wildman–Crippen MR) is 108 cm³/mol. The number of hydrogen-bond donors (Lipinski definition) is 1. The van der Waals surface area contributed by atoms with Gasteiger partial charge in [0.05, 0.1) is 24.2 Å². The van der Waals surface area contributed by atoms with Gasteiger partial charge < -0.3 is 14.6 Å². The van der Waals surface area contributed by atoms with Crippen molar-refractivity contribution < 1.29 is 9.53 Å². The van der Waals surface area contributed by atoms with Gasteiger partial charge in [-0.1, -0.05) is 24.3 Å². The van der Waals surface area contributed by atoms with Crippen LogP contribution in [-0.4, -0.2) is 22.1 Å². The number of carbonyl (C=O) groups excluding carboxylic acids is 1. The van der Waals surface area contributed by atoms with Gasteiger partial charge in [-0.25, -0.2) is 4.98 Å². The van der Waals surface area contributed by atoms with Gasteiger partial charge >= 0.3 is 0 Å². The Hall–Kier alpha value is -2.82. The van der Waals surface area contributed by atoms with E-state index in [0.29, 0.717) is 13.2 Å². The van der Waals surface area contributed by atoms with E-state index in [1.54, 1.807) is 0 Å². The monoisotopic (exact) mass is 365 g/mol. The molecule has 0 unspecified atom stereocenters. The van der Waals surface area contributed by atoms with Gasteiger partial charge in [0.1, 0.15) is 11.6 Å². The summed E-state index contributed by atoms with van der Waals surface area (Å²) < 4.78 is 8.15. The number of aromatic nitrogens is 2. The number of unbranched alkanes of at least 4 members (excludes halogenated alkanes) is 1. The molecule has 3 aromatic rings. The van der Waals surface area contributed by atoms with E-state index in [1.165, 1.54) is 18.1 Å². The summed E-state index contributed by atoms with van der Waals surface area (Å²) >= 11 is 0. The van der Waals surface area contributed by atoms with Gasteiger partial charge in [0.15, 0.2) is 0 Å². The molecule has 1 aromatic heterocycles. The molecular formula is C22H27N3O2. The standard InChI is InChI=1S/C22H27N3O2/c1-16-9-8-12-21(17(16)2)27-14-7-6-13-25-20-11-5-4-10-19(20)24-22(25)15-23-18(3)26/h4-5,8-12H,6-7,13-15H2,1-3H3,(H,23,26). The Morgan fingerprint density at radius 1 is 1.11 bits per heavy atom. The minimum atomic E-state index is -0.0458. The highest BCUT2D eigenvalue weighted by Gasteiger charge is 2.10. The van der Waals surface area contributed by atoms with Crippen LogP contribution in [0, 0.1) is 13.8 Å². The van der Waals surface area contributed by atoms with Crippen molar-refractivity contribution in [3.63, 3.8) is 0 Å². The summed E-state index contributed by atoms with van der Waals surface area (Å²) in [4.78, 5) is 15.9. The Balaban J connectivity index is 1.60. The largest absolute Gasteiger partial charge is 0.493 e. The Morgan fingerprint density at radius 3 is 2.74 bits per heavy atom. The van der Waals surface area contributed by atoms with E-state index in [-0.39, 0.29) is 5.91 Å². The van der Waals surface area contributed by atoms with E-state index in [0.717, 1.165) is 42.0 Å². The molecule has 3 rings (SSSR count). The molecule has 0 aliphatic heterocycles. The molecule has 0 aliphatic carbocycles. The summed E-state index contributed by atoms with van der Waals surface area (Å²) in [5.74, 6) is 1.81. The number of imidazole rings is 1. The fourth-order valence-electron chi connectivity index (χ4n) is 3.15. The highest BCUT2D eigenvalue weighted by Crippen LogP contribution is 2.21. The number of ether oxygens (including phenoxy) is 1. The van der Waals surface area contributed by atoms with Crippen LogP contribution in [0.1, 0.15) is 36.7 Å². The third kappa shape index (κ3) is 4.67. The van der Waals surface area contributed by atoms with Crippen LogP contribution < -0.4 is 10.1 Å². The van der Waals surface area contributed by atoms with Crippen molar-refractivity contribution in [2.75, 3.05) is 6.61 Å². The number of nitrogens with zero attached hydrogens (tertiary/aromatic N) is 2. The van der Waals surface area contributed by atoms with E-state index in [9.17, 15) is 4.79 Å². The van der Waals surface area contributed by atoms with E-state index >= 15 is 0 Å². The van der Waals surface area contributed by atoms with E-state index in [2.05, 4.69) is 40.8 Å². The first-order chi connectivity index (χ1) is 13.1. The maximum absolute atomic E-state index is 11.3. The highest BCUT2D eigenvalue weighted by atomic mass is 16.5. The fourth-order valence-corrected chi connectivity index (χ4v) is 3.15. The van der Waals surface area contributed by atoms with Gasteiger partial charge in [0, 0.05) is 13.5 Å². The predicted octanol–water partition coefficient (Wildman–Crippen LogP) is 4.15. The van der Waals surface area contributed by atoms with Crippen molar-refractivity contribution >= 4 is 16.9 Å². The zero-order chi connectivity index (χ0) is 19.2. The second-order valence-electron chi connectivity index (χ2n) is 6.83. The summed E-state index contributed by atoms with van der Waals surface area (Å²) in [6.07, 6.45) is 1.94. The lowest BCUT2D eigenvalue weighted by Crippen LogP contribution is -2.21. The van der Waals surface area contributed by atoms with Crippen molar-refractivity contribution in [2.24, 2.45) is 0 Å². The summed E-state index contributed by atoms with van der Waals surface area (Å²) in [6.45, 7) is 7.71. The molecule has 0 saturated carbocycles. The summed E-state index contributed by atoms with van der Waals surface area (Å²) in [5.41, 5.74) is 4.52. The summed E-state index contributed by atoms with van der Waals surface area (Å²) in [6, 6.07) is 14.2. The van der Waals surface area contributed by atoms with Crippen LogP contribution in [0.25, 0.3) is 11.0 Å². The van der Waals surface area contributed by atoms with Crippen LogP contribution >= 0.6 is 0 Å². The van der Waals surface area contributed by atoms with Crippen LogP contribution in [0.4, 0.5) is 0 Å². The van der Waals surface area contributed by atoms with Crippen LogP contribution in [0.3, 0.4) is 0 Å². The molecule has 5 nitrogen and oxygen atoms in total. The van der Waals surface area contributed by atoms with Gasteiger partial charge in [-0.3, -0.25) is 4.79 Å². The average molecular weight is 365 g/mol. The molecule has 0 saturated heterocycles. The highest BCUT2D eigenvalue weighted by molar-refractivity contribution is 5.76. The molecule has 2 aromatic carbocycles. The Morgan fingerprint density at radius 2 is 1.93 bits per heavy atom. The number of benzene rings is 2. The molecule has 1 amide bonds. The van der Waals surface area contributed by atoms with Gasteiger partial charge in [-0.15, -0.1) is 0 Å². The second kappa shape index (κ2) is 8.71. The molecule has 0 atom stereocenters. The van der Waals surface area contributed by atoms with Crippen molar-refractivity contribution in [2.45, 2.75) is 46.7 Å². The van der Waals surface area contributed by atoms with Gasteiger partial charge in [0.25, 0.3) is 0 Å². The number of aryl methyl sites for hydroxylation is 2. The first kappa shape index (κ1) is 19.0. The lowest BCUT2D eigenvalue weighted by molar-refractivity contribution is -0.119. The lowest BCUT2D eigenvalue weighted by atomic mass is 10.1. The minimum absolute atomic E-state index is 0.0458. The van der Waals surface area contributed by atoms with Crippen LogP contribution in [0.2, 0.25) is 0 Å². The normalized spacial score (nSPS) is 10.9. The van der Waals surface area contributed by atoms with Crippen LogP contribution in [0.15, 0.2) is 42.5 Å². The number of amides is 1. The van der Waals surface area contributed by atoms with E-state index in [4.69, 9.17) is 4.74 Å². The lowest BCUT2D eigenvalue weighted by Gasteiger charge is -2.12. The molecule has 1 N–H and O–H groups in total. The van der Waals surface area contributed by atoms with Crippen molar-refractivity contribution in [3.05, 3.63) is 59.4 Å². The molecule has 5 heteroatoms. The van der Waals surface area contributed by atoms with Gasteiger partial charge in [-0.05, 0) is 56.0 Å². The molecule has 0 spiro atoms. The number of carbonyl (C=O) groups is 1. The third-order valence-electron chi connectivity index (χ3n) is 4.82. The number of hydrogen-bond acceptors (Lipinski definition) is 3. The van der Waals surface area contributed by atoms with Crippen LogP contribution in [-0.2, 0) is 17.9 Å². The Bertz CT molecular complexity index is 930. The topological polar surface area (TPSA) is 56.2 Å². The van der Waals surface area contributed by atoms with Gasteiger partial charge in [0.2, 0.25) is 5.91 Å². The van der Waals surface area contributed by atoms with E-state index < -0.39 is 0 Å². The smallest absolute Gasteiger partial charge is 0.217 e. The molecule has 0 bridgehead atoms. The maximum Gasteiger partial charge on any atom is 0.217 e. The molecule has 0 fully saturated rings. The molecule has 0 aliphatic rings. The average Bonchev–Trinajstić information content (AvgIpc) is 3.01. The number of rotatable bonds is 8. The molecule has 0 radical (unpaired) electrons. The fraction of sp³-hybridized carbons (Fsp3) is 0.364. The molecular weight excluding hydrogens is 338 g/mol. The van der Waals surface area contributed by atoms with Crippen molar-refractivity contribution in [1.82, 2.24) is 14.9 Å². The first-order valence-corrected chi connectivity index (χ1v) is 9.44. The molecule has 142 valence electrons. The van der Waals surface area contributed by atoms with Crippen LogP contribution in [0.5, 0.6) is 5.75 Å². The molecule has 1 heterocycles. The summed E-state index contributed by atoms with van der Waals surface area (Å²) in [7, 11) is 0. The first-order valence-electron chi connectivity index (χ1n) is 9.44. The maximum atomic E-state index is 11.3. The zero-order valence-corrected chi connectivity index (χ0v) is 16.3. The molecule has 27 heavy (non-hydrogen) atoms.